The summed E-state index contributed by atoms with van der Waals surface area (Å²) in [6.07, 6.45) is -0.617. The Hall–Kier alpha value is -2.89. The predicted molar refractivity (Wildman–Crippen MR) is 84.3 cm³/mol. The lowest BCUT2D eigenvalue weighted by atomic mass is 10.1. The summed E-state index contributed by atoms with van der Waals surface area (Å²) in [4.78, 5) is 12.2. The first kappa shape index (κ1) is 15.0. The quantitative estimate of drug-likeness (QED) is 0.856. The zero-order valence-electron chi connectivity index (χ0n) is 13.1. The standard InChI is InChI=1S/C17H17NO5/c1-20-12-7-5-4-6-11(12)18-16-10-8-9-13(21-2)15(22-3)14(10)17(19)23-16/h4-9,16,18H,1-3H3/t16-/m0/s1. The van der Waals surface area contributed by atoms with Crippen molar-refractivity contribution < 1.29 is 23.7 Å². The van der Waals surface area contributed by atoms with E-state index in [0.29, 0.717) is 28.4 Å². The molecule has 0 spiro atoms. The molecule has 0 fully saturated rings. The summed E-state index contributed by atoms with van der Waals surface area (Å²) in [6.45, 7) is 0. The van der Waals surface area contributed by atoms with Crippen LogP contribution in [0.5, 0.6) is 17.2 Å². The molecule has 2 aromatic carbocycles. The minimum absolute atomic E-state index is 0.374. The van der Waals surface area contributed by atoms with Gasteiger partial charge in [-0.2, -0.15) is 0 Å². The van der Waals surface area contributed by atoms with Gasteiger partial charge in [0, 0.05) is 5.56 Å². The van der Waals surface area contributed by atoms with Crippen molar-refractivity contribution in [3.8, 4) is 17.2 Å². The van der Waals surface area contributed by atoms with Gasteiger partial charge in [0.15, 0.2) is 11.5 Å². The van der Waals surface area contributed by atoms with Crippen LogP contribution in [0.25, 0.3) is 0 Å². The average molecular weight is 315 g/mol. The third-order valence-electron chi connectivity index (χ3n) is 3.68. The van der Waals surface area contributed by atoms with Gasteiger partial charge in [0.25, 0.3) is 0 Å². The van der Waals surface area contributed by atoms with E-state index in [1.54, 1.807) is 19.2 Å². The fraction of sp³-hybridized carbons (Fsp3) is 0.235. The number of cyclic esters (lactones) is 1. The lowest BCUT2D eigenvalue weighted by Gasteiger charge is -2.17. The van der Waals surface area contributed by atoms with Crippen LogP contribution in [0.4, 0.5) is 5.69 Å². The third-order valence-corrected chi connectivity index (χ3v) is 3.68. The second-order valence-electron chi connectivity index (χ2n) is 4.90. The van der Waals surface area contributed by atoms with Crippen LogP contribution >= 0.6 is 0 Å². The lowest BCUT2D eigenvalue weighted by molar-refractivity contribution is 0.0434. The molecule has 0 bridgehead atoms. The van der Waals surface area contributed by atoms with Crippen LogP contribution in [0.15, 0.2) is 36.4 Å². The van der Waals surface area contributed by atoms with Crippen molar-refractivity contribution in [1.29, 1.82) is 0 Å². The highest BCUT2D eigenvalue weighted by Gasteiger charge is 2.36. The summed E-state index contributed by atoms with van der Waals surface area (Å²) >= 11 is 0. The molecular weight excluding hydrogens is 298 g/mol. The monoisotopic (exact) mass is 315 g/mol. The molecule has 0 radical (unpaired) electrons. The van der Waals surface area contributed by atoms with Crippen LogP contribution in [0.3, 0.4) is 0 Å². The van der Waals surface area contributed by atoms with Gasteiger partial charge in [-0.05, 0) is 24.3 Å². The number of methoxy groups -OCH3 is 3. The van der Waals surface area contributed by atoms with Crippen molar-refractivity contribution in [2.75, 3.05) is 26.6 Å². The number of hydrogen-bond donors (Lipinski definition) is 1. The van der Waals surface area contributed by atoms with Crippen molar-refractivity contribution in [3.63, 3.8) is 0 Å². The number of nitrogens with one attached hydrogen (secondary N) is 1. The smallest absolute Gasteiger partial charge is 0.344 e. The Morgan fingerprint density at radius 3 is 2.39 bits per heavy atom. The number of esters is 1. The number of carbonyl (C=O) groups is 1. The highest BCUT2D eigenvalue weighted by atomic mass is 16.6. The molecule has 23 heavy (non-hydrogen) atoms. The number of fused-ring (bicyclic) bond motifs is 1. The van der Waals surface area contributed by atoms with Crippen LogP contribution in [0.2, 0.25) is 0 Å². The van der Waals surface area contributed by atoms with E-state index in [-0.39, 0.29) is 0 Å². The van der Waals surface area contributed by atoms with Gasteiger partial charge in [0.1, 0.15) is 11.3 Å². The third kappa shape index (κ3) is 2.52. The fourth-order valence-corrected chi connectivity index (χ4v) is 2.61. The van der Waals surface area contributed by atoms with Crippen molar-refractivity contribution in [2.24, 2.45) is 0 Å². The van der Waals surface area contributed by atoms with Crippen molar-refractivity contribution in [3.05, 3.63) is 47.5 Å². The molecule has 1 heterocycles. The molecule has 2 aromatic rings. The molecule has 0 saturated carbocycles. The molecular formula is C17H17NO5. The van der Waals surface area contributed by atoms with Gasteiger partial charge in [0.2, 0.25) is 6.23 Å². The minimum Gasteiger partial charge on any atom is -0.495 e. The van der Waals surface area contributed by atoms with E-state index in [0.717, 1.165) is 5.69 Å². The number of benzene rings is 2. The van der Waals surface area contributed by atoms with Gasteiger partial charge in [-0.3, -0.25) is 0 Å². The molecule has 120 valence electrons. The molecule has 0 unspecified atom stereocenters. The Morgan fingerprint density at radius 2 is 1.70 bits per heavy atom. The number of carbonyl (C=O) groups excluding carboxylic acids is 1. The number of para-hydroxylation sites is 2. The van der Waals surface area contributed by atoms with Crippen LogP contribution < -0.4 is 19.5 Å². The maximum atomic E-state index is 12.2. The summed E-state index contributed by atoms with van der Waals surface area (Å²) in [5, 5.41) is 3.17. The summed E-state index contributed by atoms with van der Waals surface area (Å²) < 4.78 is 21.3. The predicted octanol–water partition coefficient (Wildman–Crippen LogP) is 2.99. The van der Waals surface area contributed by atoms with Crippen LogP contribution in [-0.2, 0) is 4.74 Å². The Kier molecular flexibility index (Phi) is 3.97. The largest absolute Gasteiger partial charge is 0.495 e. The summed E-state index contributed by atoms with van der Waals surface area (Å²) in [5.41, 5.74) is 1.80. The number of ether oxygens (including phenoxy) is 4. The molecule has 6 heteroatoms. The first-order chi connectivity index (χ1) is 11.2. The van der Waals surface area contributed by atoms with Crippen molar-refractivity contribution >= 4 is 11.7 Å². The topological polar surface area (TPSA) is 66.0 Å². The number of hydrogen-bond acceptors (Lipinski definition) is 6. The SMILES string of the molecule is COc1ccccc1N[C@H]1OC(=O)c2c1ccc(OC)c2OC. The molecule has 3 rings (SSSR count). The molecule has 1 atom stereocenters. The summed E-state index contributed by atoms with van der Waals surface area (Å²) in [7, 11) is 4.60. The van der Waals surface area contributed by atoms with E-state index < -0.39 is 12.2 Å². The highest BCUT2D eigenvalue weighted by Crippen LogP contribution is 2.42. The highest BCUT2D eigenvalue weighted by molar-refractivity contribution is 5.98. The molecule has 1 aliphatic heterocycles. The maximum absolute atomic E-state index is 12.2. The van der Waals surface area contributed by atoms with E-state index in [1.807, 2.05) is 24.3 Å². The van der Waals surface area contributed by atoms with E-state index in [1.165, 1.54) is 14.2 Å². The molecule has 1 aliphatic rings. The van der Waals surface area contributed by atoms with Gasteiger partial charge < -0.3 is 24.3 Å². The molecule has 0 saturated heterocycles. The van der Waals surface area contributed by atoms with Crippen LogP contribution in [0, 0.1) is 0 Å². The molecule has 0 aliphatic carbocycles. The van der Waals surface area contributed by atoms with Gasteiger partial charge in [-0.1, -0.05) is 12.1 Å². The first-order valence-corrected chi connectivity index (χ1v) is 7.05. The van der Waals surface area contributed by atoms with Gasteiger partial charge in [-0.15, -0.1) is 0 Å². The van der Waals surface area contributed by atoms with Gasteiger partial charge >= 0.3 is 5.97 Å². The second kappa shape index (κ2) is 6.08. The van der Waals surface area contributed by atoms with Gasteiger partial charge in [0.05, 0.1) is 27.0 Å². The average Bonchev–Trinajstić information content (AvgIpc) is 2.90. The zero-order chi connectivity index (χ0) is 16.4. The lowest BCUT2D eigenvalue weighted by Crippen LogP contribution is -2.11. The Morgan fingerprint density at radius 1 is 0.957 bits per heavy atom. The summed E-state index contributed by atoms with van der Waals surface area (Å²) in [6, 6.07) is 11.0. The normalized spacial score (nSPS) is 15.6. The van der Waals surface area contributed by atoms with Gasteiger partial charge in [-0.25, -0.2) is 4.79 Å². The number of anilines is 1. The second-order valence-corrected chi connectivity index (χ2v) is 4.90. The first-order valence-electron chi connectivity index (χ1n) is 7.05. The van der Waals surface area contributed by atoms with Crippen molar-refractivity contribution in [2.45, 2.75) is 6.23 Å². The minimum atomic E-state index is -0.617. The van der Waals surface area contributed by atoms with E-state index in [9.17, 15) is 4.79 Å². The van der Waals surface area contributed by atoms with Crippen LogP contribution in [-0.4, -0.2) is 27.3 Å². The summed E-state index contributed by atoms with van der Waals surface area (Å²) in [5.74, 6) is 1.07. The Bertz CT molecular complexity index is 744. The molecule has 6 nitrogen and oxygen atoms in total. The van der Waals surface area contributed by atoms with E-state index in [4.69, 9.17) is 18.9 Å². The van der Waals surface area contributed by atoms with E-state index in [2.05, 4.69) is 5.32 Å². The fourth-order valence-electron chi connectivity index (χ4n) is 2.61. The van der Waals surface area contributed by atoms with Crippen LogP contribution in [0.1, 0.15) is 22.1 Å². The molecule has 0 amide bonds. The maximum Gasteiger partial charge on any atom is 0.344 e. The van der Waals surface area contributed by atoms with E-state index >= 15 is 0 Å². The molecule has 1 N–H and O–H groups in total. The zero-order valence-corrected chi connectivity index (χ0v) is 13.1. The number of rotatable bonds is 5. The Labute approximate surface area is 133 Å². The Balaban J connectivity index is 1.99. The van der Waals surface area contributed by atoms with Crippen molar-refractivity contribution in [1.82, 2.24) is 0 Å². The molecule has 0 aromatic heterocycles.